The van der Waals surface area contributed by atoms with Gasteiger partial charge in [0.1, 0.15) is 12.2 Å². The van der Waals surface area contributed by atoms with Gasteiger partial charge in [-0.15, -0.1) is 5.10 Å². The van der Waals surface area contributed by atoms with Gasteiger partial charge in [-0.3, -0.25) is 0 Å². The zero-order valence-corrected chi connectivity index (χ0v) is 27.7. The predicted octanol–water partition coefficient (Wildman–Crippen LogP) is 3.66. The van der Waals surface area contributed by atoms with Crippen molar-refractivity contribution >= 4 is 32.7 Å². The Morgan fingerprint density at radius 2 is 1.72 bits per heavy atom. The van der Waals surface area contributed by atoms with E-state index in [1.807, 2.05) is 13.1 Å². The van der Waals surface area contributed by atoms with Crippen LogP contribution in [0.5, 0.6) is 0 Å². The van der Waals surface area contributed by atoms with Crippen molar-refractivity contribution in [1.29, 1.82) is 0 Å². The molecule has 0 radical (unpaired) electrons. The Balaban J connectivity index is 2.15. The van der Waals surface area contributed by atoms with Crippen LogP contribution < -0.4 is 5.73 Å². The van der Waals surface area contributed by atoms with Crippen LogP contribution in [0.4, 0.5) is 0 Å². The van der Waals surface area contributed by atoms with E-state index >= 15 is 0 Å². The monoisotopic (exact) mass is 604 g/mol. The molecule has 12 nitrogen and oxygen atoms in total. The van der Waals surface area contributed by atoms with E-state index in [1.165, 1.54) is 10.9 Å². The van der Waals surface area contributed by atoms with E-state index in [-0.39, 0.29) is 34.7 Å². The van der Waals surface area contributed by atoms with Gasteiger partial charge in [-0.2, -0.15) is 8.42 Å². The molecule has 1 aromatic rings. The Bertz CT molecular complexity index is 1220. The predicted molar refractivity (Wildman–Crippen MR) is 150 cm³/mol. The molecule has 0 bridgehead atoms. The lowest BCUT2D eigenvalue weighted by Crippen LogP contribution is -2.59. The second-order valence-electron chi connectivity index (χ2n) is 13.1. The molecular weight excluding hydrogens is 561 g/mol. The summed E-state index contributed by atoms with van der Waals surface area (Å²) in [5.41, 5.74) is 4.69. The Morgan fingerprint density at radius 1 is 1.13 bits per heavy atom. The summed E-state index contributed by atoms with van der Waals surface area (Å²) in [6.07, 6.45) is -1.64. The number of ether oxygens (including phenoxy) is 2. The minimum absolute atomic E-state index is 0.00778. The molecule has 1 fully saturated rings. The van der Waals surface area contributed by atoms with Gasteiger partial charge in [0.15, 0.2) is 34.2 Å². The van der Waals surface area contributed by atoms with Gasteiger partial charge in [-0.05, 0) is 43.2 Å². The first-order valence-electron chi connectivity index (χ1n) is 13.1. The van der Waals surface area contributed by atoms with Gasteiger partial charge >= 0.3 is 5.97 Å². The number of hydrogen-bond acceptors (Lipinski definition) is 11. The first-order chi connectivity index (χ1) is 17.6. The van der Waals surface area contributed by atoms with Crippen LogP contribution in [0.3, 0.4) is 0 Å². The highest BCUT2D eigenvalue weighted by atomic mass is 32.2. The zero-order chi connectivity index (χ0) is 29.8. The van der Waals surface area contributed by atoms with E-state index in [0.29, 0.717) is 0 Å². The van der Waals surface area contributed by atoms with Crippen LogP contribution in [0.15, 0.2) is 17.3 Å². The van der Waals surface area contributed by atoms with E-state index in [1.54, 1.807) is 6.92 Å². The average Bonchev–Trinajstić information content (AvgIpc) is 3.41. The third-order valence-corrected chi connectivity index (χ3v) is 18.3. The van der Waals surface area contributed by atoms with E-state index < -0.39 is 56.8 Å². The van der Waals surface area contributed by atoms with Gasteiger partial charge in [-0.25, -0.2) is 13.7 Å². The highest BCUT2D eigenvalue weighted by Crippen LogP contribution is 2.52. The average molecular weight is 605 g/mol. The molecule has 3 heterocycles. The quantitative estimate of drug-likeness (QED) is 0.263. The lowest BCUT2D eigenvalue weighted by Gasteiger charge is -2.43. The van der Waals surface area contributed by atoms with Crippen LogP contribution in [-0.2, 0) is 32.6 Å². The van der Waals surface area contributed by atoms with E-state index in [2.05, 4.69) is 64.9 Å². The van der Waals surface area contributed by atoms with Crippen LogP contribution in [-0.4, -0.2) is 77.0 Å². The first kappa shape index (κ1) is 31.9. The Labute approximate surface area is 233 Å². The van der Waals surface area contributed by atoms with Gasteiger partial charge in [0.25, 0.3) is 10.1 Å². The van der Waals surface area contributed by atoms with Gasteiger partial charge in [-0.1, -0.05) is 46.8 Å². The van der Waals surface area contributed by atoms with Crippen molar-refractivity contribution in [3.8, 4) is 0 Å². The fourth-order valence-corrected chi connectivity index (χ4v) is 7.41. The van der Waals surface area contributed by atoms with Crippen molar-refractivity contribution in [2.75, 3.05) is 13.2 Å². The number of hydrogen-bond donors (Lipinski definition) is 1. The van der Waals surface area contributed by atoms with Crippen LogP contribution in [0.25, 0.3) is 0 Å². The molecule has 0 aromatic carbocycles. The molecule has 0 saturated carbocycles. The minimum atomic E-state index is -4.14. The molecule has 2 aliphatic heterocycles. The topological polar surface area (TPSA) is 154 Å². The van der Waals surface area contributed by atoms with Crippen molar-refractivity contribution in [3.05, 3.63) is 23.0 Å². The van der Waals surface area contributed by atoms with Crippen molar-refractivity contribution in [1.82, 2.24) is 15.0 Å². The second kappa shape index (κ2) is 10.3. The molecular formula is C24H44N4O8SSi2. The first-order valence-corrected chi connectivity index (χ1v) is 20.4. The molecule has 4 atom stereocenters. The molecule has 2 aliphatic rings. The highest BCUT2D eigenvalue weighted by Gasteiger charge is 2.67. The summed E-state index contributed by atoms with van der Waals surface area (Å²) in [5.74, 6) is -0.643. The number of nitrogens with two attached hydrogens (primary N) is 1. The molecule has 1 spiro atoms. The van der Waals surface area contributed by atoms with Gasteiger partial charge in [0, 0.05) is 0 Å². The highest BCUT2D eigenvalue weighted by molar-refractivity contribution is 7.90. The third kappa shape index (κ3) is 6.04. The second-order valence-corrected chi connectivity index (χ2v) is 24.1. The molecule has 0 amide bonds. The number of nitrogens with zero attached hydrogens (tertiary/aromatic N) is 3. The Kier molecular flexibility index (Phi) is 8.45. The molecule has 3 rings (SSSR count). The number of aromatic nitrogens is 3. The molecule has 15 heteroatoms. The lowest BCUT2D eigenvalue weighted by atomic mass is 9.89. The third-order valence-electron chi connectivity index (χ3n) is 8.33. The van der Waals surface area contributed by atoms with Crippen molar-refractivity contribution < 1.29 is 35.7 Å². The fraction of sp³-hybridized carbons (Fsp3) is 0.792. The molecule has 1 saturated heterocycles. The molecule has 2 N–H and O–H groups in total. The number of carbonyl (C=O) groups is 1. The van der Waals surface area contributed by atoms with Crippen LogP contribution in [0, 0.1) is 0 Å². The number of rotatable bonds is 8. The van der Waals surface area contributed by atoms with Crippen LogP contribution in [0.1, 0.15) is 65.2 Å². The lowest BCUT2D eigenvalue weighted by molar-refractivity contribution is -0.0595. The van der Waals surface area contributed by atoms with Crippen LogP contribution in [0.2, 0.25) is 36.3 Å². The summed E-state index contributed by atoms with van der Waals surface area (Å²) in [4.78, 5) is 12.3. The number of esters is 1. The number of carbonyl (C=O) groups excluding carboxylic acids is 1. The maximum Gasteiger partial charge on any atom is 0.360 e. The van der Waals surface area contributed by atoms with E-state index in [0.717, 1.165) is 5.41 Å². The van der Waals surface area contributed by atoms with Gasteiger partial charge < -0.3 is 24.1 Å². The van der Waals surface area contributed by atoms with Gasteiger partial charge in [0.05, 0.1) is 30.5 Å². The van der Waals surface area contributed by atoms with E-state index in [9.17, 15) is 13.2 Å². The van der Waals surface area contributed by atoms with Crippen molar-refractivity contribution in [2.24, 2.45) is 5.73 Å². The summed E-state index contributed by atoms with van der Waals surface area (Å²) in [7, 11) is -9.02. The summed E-state index contributed by atoms with van der Waals surface area (Å²) >= 11 is 0. The summed E-state index contributed by atoms with van der Waals surface area (Å²) in [5, 5.41) is 8.62. The molecule has 39 heavy (non-hydrogen) atoms. The largest absolute Gasteiger partial charge is 0.461 e. The molecule has 0 aliphatic carbocycles. The molecule has 1 aromatic heterocycles. The standard InChI is InChI=1S/C24H44N4O8SSi2/c1-12-32-21(29)16-13-28(27-26-16)20-19(35-39(10,11)23(5,6)7)24(17(25)15-37(30,31)36-24)18(34-20)14-33-38(8,9)22(2,3)4/h13,15,18-20H,12,14,25H2,1-11H3/t18-,19+,20-,24?/m1/s1. The van der Waals surface area contributed by atoms with Crippen molar-refractivity contribution in [3.63, 3.8) is 0 Å². The molecule has 1 unspecified atom stereocenters. The molecule has 222 valence electrons. The SMILES string of the molecule is CCOC(=O)c1cn([C@@H]2O[C@H](CO[Si](C)(C)C(C)(C)C)C3(OS(=O)(=O)C=C3N)[C@H]2O[Si](C)(C)C(C)(C)C)nn1. The minimum Gasteiger partial charge on any atom is -0.461 e. The fourth-order valence-electron chi connectivity index (χ4n) is 3.90. The summed E-state index contributed by atoms with van der Waals surface area (Å²) in [6.45, 7) is 22.6. The zero-order valence-electron chi connectivity index (χ0n) is 24.9. The Morgan fingerprint density at radius 3 is 2.21 bits per heavy atom. The van der Waals surface area contributed by atoms with E-state index in [4.69, 9.17) is 28.2 Å². The smallest absolute Gasteiger partial charge is 0.360 e. The van der Waals surface area contributed by atoms with Crippen molar-refractivity contribution in [2.45, 2.75) is 109 Å². The van der Waals surface area contributed by atoms with Crippen LogP contribution >= 0.6 is 0 Å². The normalized spacial score (nSPS) is 27.7. The summed E-state index contributed by atoms with van der Waals surface area (Å²) < 4.78 is 57.6. The maximum absolute atomic E-state index is 12.8. The maximum atomic E-state index is 12.8. The summed E-state index contributed by atoms with van der Waals surface area (Å²) in [6, 6.07) is 0. The van der Waals surface area contributed by atoms with Gasteiger partial charge in [0.2, 0.25) is 0 Å². The Hall–Kier alpha value is -1.63.